The Labute approximate surface area is 99.4 Å². The van der Waals surface area contributed by atoms with Gasteiger partial charge in [0.15, 0.2) is 5.65 Å². The molecule has 98 valence electrons. The smallest absolute Gasteiger partial charge is 0.325 e. The molecule has 0 saturated carbocycles. The molecule has 8 heteroatoms. The second-order valence-electron chi connectivity index (χ2n) is 3.97. The lowest BCUT2D eigenvalue weighted by molar-refractivity contribution is -0.137. The van der Waals surface area contributed by atoms with Crippen molar-refractivity contribution < 1.29 is 17.6 Å². The third-order valence-corrected chi connectivity index (χ3v) is 2.44. The van der Waals surface area contributed by atoms with Crippen molar-refractivity contribution in [1.82, 2.24) is 14.5 Å². The molecule has 2 rings (SSSR count). The van der Waals surface area contributed by atoms with E-state index < -0.39 is 18.9 Å². The number of hydrogen-bond acceptors (Lipinski definition) is 3. The molecule has 0 radical (unpaired) electrons. The Morgan fingerprint density at radius 3 is 2.72 bits per heavy atom. The molecular formula is C10H10F4N4. The Bertz CT molecular complexity index is 579. The molecular weight excluding hydrogens is 252 g/mol. The van der Waals surface area contributed by atoms with Crippen LogP contribution in [0.2, 0.25) is 0 Å². The van der Waals surface area contributed by atoms with Crippen molar-refractivity contribution in [2.45, 2.75) is 25.8 Å². The van der Waals surface area contributed by atoms with Gasteiger partial charge in [-0.3, -0.25) is 4.57 Å². The zero-order valence-electron chi connectivity index (χ0n) is 9.37. The van der Waals surface area contributed by atoms with E-state index in [0.717, 1.165) is 10.1 Å². The highest BCUT2D eigenvalue weighted by Crippen LogP contribution is 2.28. The number of imidazole rings is 1. The van der Waals surface area contributed by atoms with Crippen molar-refractivity contribution in [1.29, 1.82) is 0 Å². The van der Waals surface area contributed by atoms with Gasteiger partial charge in [-0.15, -0.1) is 0 Å². The van der Waals surface area contributed by atoms with Gasteiger partial charge in [0, 0.05) is 6.20 Å². The molecule has 0 aliphatic rings. The maximum absolute atomic E-state index is 13.0. The van der Waals surface area contributed by atoms with Crippen LogP contribution < -0.4 is 5.73 Å². The summed E-state index contributed by atoms with van der Waals surface area (Å²) >= 11 is 0. The molecule has 2 heterocycles. The molecule has 2 aromatic heterocycles. The van der Waals surface area contributed by atoms with Crippen LogP contribution in [-0.2, 0) is 6.54 Å². The first kappa shape index (κ1) is 12.6. The van der Waals surface area contributed by atoms with E-state index >= 15 is 0 Å². The maximum atomic E-state index is 13.0. The summed E-state index contributed by atoms with van der Waals surface area (Å²) in [6.45, 7) is 0.498. The van der Waals surface area contributed by atoms with Gasteiger partial charge in [0.1, 0.15) is 5.52 Å². The van der Waals surface area contributed by atoms with Crippen LogP contribution in [0.15, 0.2) is 12.3 Å². The van der Waals surface area contributed by atoms with Crippen molar-refractivity contribution in [2.24, 2.45) is 0 Å². The van der Waals surface area contributed by atoms with E-state index in [-0.39, 0.29) is 11.6 Å². The van der Waals surface area contributed by atoms with E-state index in [1.165, 1.54) is 6.20 Å². The van der Waals surface area contributed by atoms with Gasteiger partial charge in [-0.2, -0.15) is 8.78 Å². The molecule has 0 aliphatic carbocycles. The highest BCUT2D eigenvalue weighted by Gasteiger charge is 2.42. The summed E-state index contributed by atoms with van der Waals surface area (Å²) < 4.78 is 51.1. The number of alkyl halides is 4. The average Bonchev–Trinajstić information content (AvgIpc) is 2.54. The highest BCUT2D eigenvalue weighted by atomic mass is 19.3. The number of pyridine rings is 1. The second kappa shape index (κ2) is 4.11. The first-order chi connectivity index (χ1) is 8.31. The van der Waals surface area contributed by atoms with Gasteiger partial charge in [0.05, 0.1) is 6.54 Å². The summed E-state index contributed by atoms with van der Waals surface area (Å²) in [4.78, 5) is 7.70. The van der Waals surface area contributed by atoms with E-state index in [9.17, 15) is 17.6 Å². The summed E-state index contributed by atoms with van der Waals surface area (Å²) in [5.74, 6) is -4.43. The Hall–Kier alpha value is -1.86. The Morgan fingerprint density at radius 2 is 2.11 bits per heavy atom. The Morgan fingerprint density at radius 1 is 1.44 bits per heavy atom. The number of nitrogens with two attached hydrogens (primary N) is 1. The largest absolute Gasteiger partial charge is 0.369 e. The van der Waals surface area contributed by atoms with Crippen LogP contribution in [-0.4, -0.2) is 26.9 Å². The lowest BCUT2D eigenvalue weighted by Gasteiger charge is -2.16. The normalized spacial score (nSPS) is 12.6. The monoisotopic (exact) mass is 262 g/mol. The van der Waals surface area contributed by atoms with Crippen molar-refractivity contribution in [2.75, 3.05) is 5.73 Å². The lowest BCUT2D eigenvalue weighted by atomic mass is 10.3. The van der Waals surface area contributed by atoms with Crippen LogP contribution in [0.5, 0.6) is 0 Å². The standard InChI is InChI=1S/C10H10F4N4/c1-5-2-6-7(16-3-5)18(9(15)17-6)4-10(13,14)8(11)12/h2-3,8H,4H2,1H3,(H2,15,17). The maximum Gasteiger partial charge on any atom is 0.325 e. The molecule has 2 N–H and O–H groups in total. The first-order valence-corrected chi connectivity index (χ1v) is 5.05. The molecule has 0 saturated heterocycles. The quantitative estimate of drug-likeness (QED) is 0.863. The fourth-order valence-electron chi connectivity index (χ4n) is 1.56. The third kappa shape index (κ3) is 2.09. The fraction of sp³-hybridized carbons (Fsp3) is 0.400. The molecule has 4 nitrogen and oxygen atoms in total. The molecule has 0 aliphatic heterocycles. The van der Waals surface area contributed by atoms with Crippen molar-refractivity contribution in [3.8, 4) is 0 Å². The van der Waals surface area contributed by atoms with E-state index in [2.05, 4.69) is 9.97 Å². The van der Waals surface area contributed by atoms with E-state index in [4.69, 9.17) is 5.73 Å². The van der Waals surface area contributed by atoms with E-state index in [0.29, 0.717) is 5.52 Å². The average molecular weight is 262 g/mol. The molecule has 0 spiro atoms. The van der Waals surface area contributed by atoms with Gasteiger partial charge in [0.25, 0.3) is 0 Å². The predicted octanol–water partition coefficient (Wildman–Crippen LogP) is 2.22. The molecule has 0 unspecified atom stereocenters. The third-order valence-electron chi connectivity index (χ3n) is 2.44. The van der Waals surface area contributed by atoms with Crippen molar-refractivity contribution in [3.63, 3.8) is 0 Å². The zero-order chi connectivity index (χ0) is 13.5. The lowest BCUT2D eigenvalue weighted by Crippen LogP contribution is -2.32. The number of aryl methyl sites for hydroxylation is 1. The number of rotatable bonds is 3. The zero-order valence-corrected chi connectivity index (χ0v) is 9.37. The molecule has 0 amide bonds. The molecule has 0 atom stereocenters. The van der Waals surface area contributed by atoms with Gasteiger partial charge >= 0.3 is 12.3 Å². The van der Waals surface area contributed by atoms with Gasteiger partial charge in [0.2, 0.25) is 5.95 Å². The summed E-state index contributed by atoms with van der Waals surface area (Å²) in [5, 5.41) is 0. The SMILES string of the molecule is Cc1cnc2c(c1)nc(N)n2CC(F)(F)C(F)F. The van der Waals surface area contributed by atoms with E-state index in [1.807, 2.05) is 0 Å². The van der Waals surface area contributed by atoms with Crippen LogP contribution >= 0.6 is 0 Å². The minimum absolute atomic E-state index is 0.0680. The number of nitrogen functional groups attached to an aromatic ring is 1. The van der Waals surface area contributed by atoms with Gasteiger partial charge in [-0.1, -0.05) is 0 Å². The molecule has 0 aromatic carbocycles. The van der Waals surface area contributed by atoms with Crippen LogP contribution in [0.4, 0.5) is 23.5 Å². The summed E-state index contributed by atoms with van der Waals surface area (Å²) in [7, 11) is 0. The van der Waals surface area contributed by atoms with Crippen molar-refractivity contribution >= 4 is 17.1 Å². The summed E-state index contributed by atoms with van der Waals surface area (Å²) in [6, 6.07) is 1.59. The highest BCUT2D eigenvalue weighted by molar-refractivity contribution is 5.74. The molecule has 0 fully saturated rings. The van der Waals surface area contributed by atoms with Crippen LogP contribution in [0, 0.1) is 6.92 Å². The van der Waals surface area contributed by atoms with Crippen LogP contribution in [0.3, 0.4) is 0 Å². The molecule has 2 aromatic rings. The predicted molar refractivity (Wildman–Crippen MR) is 57.6 cm³/mol. The summed E-state index contributed by atoms with van der Waals surface area (Å²) in [5.41, 5.74) is 6.59. The van der Waals surface area contributed by atoms with Gasteiger partial charge in [-0.05, 0) is 18.6 Å². The number of aromatic nitrogens is 3. The number of hydrogen-bond donors (Lipinski definition) is 1. The fourth-order valence-corrected chi connectivity index (χ4v) is 1.56. The Balaban J connectivity index is 2.48. The topological polar surface area (TPSA) is 56.7 Å². The van der Waals surface area contributed by atoms with Crippen molar-refractivity contribution in [3.05, 3.63) is 17.8 Å². The van der Waals surface area contributed by atoms with E-state index in [1.54, 1.807) is 13.0 Å². The first-order valence-electron chi connectivity index (χ1n) is 5.05. The van der Waals surface area contributed by atoms with Crippen LogP contribution in [0.25, 0.3) is 11.2 Å². The molecule has 0 bridgehead atoms. The Kier molecular flexibility index (Phi) is 2.88. The van der Waals surface area contributed by atoms with Gasteiger partial charge in [-0.25, -0.2) is 18.7 Å². The second-order valence-corrected chi connectivity index (χ2v) is 3.97. The number of nitrogens with zero attached hydrogens (tertiary/aromatic N) is 3. The van der Waals surface area contributed by atoms with Crippen LogP contribution in [0.1, 0.15) is 5.56 Å². The number of halogens is 4. The molecule has 18 heavy (non-hydrogen) atoms. The number of anilines is 1. The minimum atomic E-state index is -4.17. The summed E-state index contributed by atoms with van der Waals surface area (Å²) in [6.07, 6.45) is -2.33. The number of fused-ring (bicyclic) bond motifs is 1. The minimum Gasteiger partial charge on any atom is -0.369 e. The van der Waals surface area contributed by atoms with Gasteiger partial charge < -0.3 is 5.73 Å².